The molecule has 2 aromatic rings. The first kappa shape index (κ1) is 21.8. The zero-order chi connectivity index (χ0) is 24.3. The lowest BCUT2D eigenvalue weighted by Crippen LogP contribution is -2.33. The number of fused-ring (bicyclic) bond motifs is 6. The van der Waals surface area contributed by atoms with Gasteiger partial charge in [0.2, 0.25) is 0 Å². The normalized spacial score (nSPS) is 29.3. The third-order valence-corrected chi connectivity index (χ3v) is 11.8. The fourth-order valence-corrected chi connectivity index (χ4v) is 10.6. The zero-order valence-electron chi connectivity index (χ0n) is 21.6. The Morgan fingerprint density at radius 2 is 1.56 bits per heavy atom. The Morgan fingerprint density at radius 3 is 2.33 bits per heavy atom. The molecule has 4 atom stereocenters. The molecule has 2 heteroatoms. The van der Waals surface area contributed by atoms with E-state index in [0.29, 0.717) is 23.0 Å². The highest BCUT2D eigenvalue weighted by Gasteiger charge is 2.42. The van der Waals surface area contributed by atoms with Gasteiger partial charge in [-0.15, -0.1) is 23.1 Å². The number of rotatable bonds is 2. The van der Waals surface area contributed by atoms with E-state index in [1.165, 1.54) is 58.4 Å². The van der Waals surface area contributed by atoms with Crippen LogP contribution in [0.25, 0.3) is 27.8 Å². The predicted molar refractivity (Wildman–Crippen MR) is 157 cm³/mol. The second kappa shape index (κ2) is 7.62. The van der Waals surface area contributed by atoms with Crippen LogP contribution in [-0.2, 0) is 0 Å². The van der Waals surface area contributed by atoms with Crippen LogP contribution in [0.15, 0.2) is 70.2 Å². The van der Waals surface area contributed by atoms with Crippen molar-refractivity contribution in [2.45, 2.75) is 64.5 Å². The van der Waals surface area contributed by atoms with E-state index in [-0.39, 0.29) is 0 Å². The summed E-state index contributed by atoms with van der Waals surface area (Å²) in [5.41, 5.74) is 14.0. The molecule has 8 rings (SSSR count). The van der Waals surface area contributed by atoms with Gasteiger partial charge in [0.1, 0.15) is 0 Å². The average Bonchev–Trinajstić information content (AvgIpc) is 3.56. The summed E-state index contributed by atoms with van der Waals surface area (Å²) in [7, 11) is 0. The first-order valence-electron chi connectivity index (χ1n) is 13.7. The standard InChI is InChI=1S/C34H32S2/c1-17-9-18(2)12-21(11-17)29-15-27-23-5-6-24-28-16-30(22-13-19(3)10-20(4)14-22)36-34(28)26-8-7-25(33(27)35-29)31(23)32(24)26/h5-6,9-11,13,15-16,18,20,27,33H,7-8,12,14H2,1-4H3. The van der Waals surface area contributed by atoms with E-state index in [4.69, 9.17) is 0 Å². The van der Waals surface area contributed by atoms with Crippen molar-refractivity contribution in [1.29, 1.82) is 0 Å². The van der Waals surface area contributed by atoms with Gasteiger partial charge in [0.05, 0.1) is 0 Å². The van der Waals surface area contributed by atoms with E-state index >= 15 is 0 Å². The Labute approximate surface area is 222 Å². The largest absolute Gasteiger partial charge is 0.135 e. The van der Waals surface area contributed by atoms with E-state index in [1.54, 1.807) is 42.5 Å². The van der Waals surface area contributed by atoms with Gasteiger partial charge in [0, 0.05) is 31.4 Å². The molecule has 1 aromatic heterocycles. The summed E-state index contributed by atoms with van der Waals surface area (Å²) in [4.78, 5) is 4.62. The first-order valence-corrected chi connectivity index (χ1v) is 15.3. The molecule has 0 fully saturated rings. The topological polar surface area (TPSA) is 0 Å². The van der Waals surface area contributed by atoms with E-state index < -0.39 is 0 Å². The van der Waals surface area contributed by atoms with Gasteiger partial charge in [0.15, 0.2) is 0 Å². The molecule has 6 aliphatic rings. The van der Waals surface area contributed by atoms with Crippen LogP contribution in [0.4, 0.5) is 0 Å². The first-order chi connectivity index (χ1) is 17.4. The van der Waals surface area contributed by atoms with Gasteiger partial charge in [-0.3, -0.25) is 0 Å². The molecule has 36 heavy (non-hydrogen) atoms. The Morgan fingerprint density at radius 1 is 0.806 bits per heavy atom. The number of thiophene rings is 1. The van der Waals surface area contributed by atoms with Crippen molar-refractivity contribution in [2.24, 2.45) is 11.8 Å². The molecule has 2 heterocycles. The molecule has 0 N–H and O–H groups in total. The minimum atomic E-state index is 0.555. The molecule has 0 amide bonds. The van der Waals surface area contributed by atoms with E-state index in [0.717, 1.165) is 0 Å². The quantitative estimate of drug-likeness (QED) is 0.397. The summed E-state index contributed by atoms with van der Waals surface area (Å²) >= 11 is 4.23. The minimum Gasteiger partial charge on any atom is -0.135 e. The fraction of sp³-hybridized carbons (Fsp3) is 0.353. The molecule has 0 saturated heterocycles. The Bertz CT molecular complexity index is 1660. The Hall–Kier alpha value is -2.29. The van der Waals surface area contributed by atoms with E-state index in [1.807, 2.05) is 0 Å². The van der Waals surface area contributed by atoms with Crippen LogP contribution in [-0.4, -0.2) is 5.25 Å². The lowest BCUT2D eigenvalue weighted by Gasteiger charge is -2.20. The number of thioether (sulfide) groups is 1. The average molecular weight is 505 g/mol. The summed E-state index contributed by atoms with van der Waals surface area (Å²) in [6.45, 7) is 9.22. The third kappa shape index (κ3) is 3.01. The maximum atomic E-state index is 2.63. The van der Waals surface area contributed by atoms with Crippen molar-refractivity contribution in [1.82, 2.24) is 0 Å². The zero-order valence-corrected chi connectivity index (χ0v) is 23.2. The van der Waals surface area contributed by atoms with Gasteiger partial charge in [0.25, 0.3) is 0 Å². The van der Waals surface area contributed by atoms with Crippen molar-refractivity contribution >= 4 is 39.8 Å². The predicted octanol–water partition coefficient (Wildman–Crippen LogP) is 8.25. The summed E-state index contributed by atoms with van der Waals surface area (Å²) in [6, 6.07) is 7.48. The molecular formula is C34H32S2. The number of hydrogen-bond donors (Lipinski definition) is 0. The monoisotopic (exact) mass is 504 g/mol. The van der Waals surface area contributed by atoms with Crippen LogP contribution in [0.3, 0.4) is 0 Å². The van der Waals surface area contributed by atoms with Gasteiger partial charge in [-0.25, -0.2) is 0 Å². The second-order valence-electron chi connectivity index (χ2n) is 11.9. The highest BCUT2D eigenvalue weighted by Crippen LogP contribution is 2.54. The molecule has 0 radical (unpaired) electrons. The van der Waals surface area contributed by atoms with Crippen LogP contribution >= 0.6 is 23.1 Å². The van der Waals surface area contributed by atoms with E-state index in [2.05, 4.69) is 99.4 Å². The van der Waals surface area contributed by atoms with Gasteiger partial charge >= 0.3 is 0 Å². The SMILES string of the molecule is CC1=CC(C)CC(C2=CC3c4ccc5c6c4=C(CCC=6c4sc(C6=CC(C)=CC(C)C6)cc4-5)C3S2)=C1. The van der Waals surface area contributed by atoms with Crippen molar-refractivity contribution in [3.05, 3.63) is 96.0 Å². The van der Waals surface area contributed by atoms with Gasteiger partial charge in [-0.2, -0.15) is 0 Å². The van der Waals surface area contributed by atoms with Crippen LogP contribution in [0.5, 0.6) is 0 Å². The maximum Gasteiger partial charge on any atom is 0.0417 e. The summed E-state index contributed by atoms with van der Waals surface area (Å²) < 4.78 is 0. The summed E-state index contributed by atoms with van der Waals surface area (Å²) in [5.74, 6) is 1.85. The number of allylic oxidation sites excluding steroid dienone is 9. The molecule has 1 aliphatic heterocycles. The number of hydrogen-bond acceptors (Lipinski definition) is 2. The van der Waals surface area contributed by atoms with Gasteiger partial charge in [-0.05, 0) is 101 Å². The molecule has 0 nitrogen and oxygen atoms in total. The smallest absolute Gasteiger partial charge is 0.0417 e. The van der Waals surface area contributed by atoms with E-state index in [9.17, 15) is 0 Å². The lowest BCUT2D eigenvalue weighted by molar-refractivity contribution is 0.709. The minimum absolute atomic E-state index is 0.555. The summed E-state index contributed by atoms with van der Waals surface area (Å²) in [6.07, 6.45) is 17.1. The molecule has 1 aromatic carbocycles. The summed E-state index contributed by atoms with van der Waals surface area (Å²) in [5, 5.41) is 3.86. The molecule has 180 valence electrons. The van der Waals surface area contributed by atoms with Crippen molar-refractivity contribution in [2.75, 3.05) is 0 Å². The maximum absolute atomic E-state index is 2.63. The van der Waals surface area contributed by atoms with Crippen LogP contribution in [0, 0.1) is 11.8 Å². The second-order valence-corrected chi connectivity index (χ2v) is 14.2. The molecule has 0 saturated carbocycles. The molecule has 0 bridgehead atoms. The lowest BCUT2D eigenvalue weighted by atomic mass is 9.90. The number of benzene rings is 1. The third-order valence-electron chi connectivity index (χ3n) is 9.03. The van der Waals surface area contributed by atoms with Crippen LogP contribution in [0.1, 0.15) is 74.6 Å². The molecule has 4 unspecified atom stereocenters. The molecular weight excluding hydrogens is 473 g/mol. The highest BCUT2D eigenvalue weighted by molar-refractivity contribution is 8.04. The fourth-order valence-electron chi connectivity index (χ4n) is 7.81. The highest BCUT2D eigenvalue weighted by atomic mass is 32.2. The van der Waals surface area contributed by atoms with Crippen molar-refractivity contribution < 1.29 is 0 Å². The molecule has 5 aliphatic carbocycles. The van der Waals surface area contributed by atoms with Crippen molar-refractivity contribution in [3.63, 3.8) is 0 Å². The van der Waals surface area contributed by atoms with Gasteiger partial charge < -0.3 is 0 Å². The Balaban J connectivity index is 1.22. The van der Waals surface area contributed by atoms with Gasteiger partial charge in [-0.1, -0.05) is 67.5 Å². The molecule has 0 spiro atoms. The van der Waals surface area contributed by atoms with Crippen LogP contribution in [0.2, 0.25) is 0 Å². The van der Waals surface area contributed by atoms with Crippen LogP contribution < -0.4 is 10.4 Å². The van der Waals surface area contributed by atoms with Crippen molar-refractivity contribution in [3.8, 4) is 11.1 Å². The Kier molecular flexibility index (Phi) is 4.60.